The number of nitrogens with one attached hydrogen (secondary N) is 2. The van der Waals surface area contributed by atoms with Gasteiger partial charge in [0.15, 0.2) is 0 Å². The van der Waals surface area contributed by atoms with Crippen molar-refractivity contribution >= 4 is 11.8 Å². The predicted octanol–water partition coefficient (Wildman–Crippen LogP) is 3.88. The molecule has 6 heteroatoms. The lowest BCUT2D eigenvalue weighted by molar-refractivity contribution is -0.121. The standard InChI is InChI=1S/C24H23FN2O3/c25-20-11-13-21(14-12-20)30-16-15-26-23(28)17-22(18-7-3-1-4-8-18)27-24(29)19-9-5-2-6-10-19/h1-14,22H,15-17H2,(H,26,28)(H,27,29). The van der Waals surface area contributed by atoms with Gasteiger partial charge in [-0.15, -0.1) is 0 Å². The maximum atomic E-state index is 12.9. The van der Waals surface area contributed by atoms with E-state index < -0.39 is 6.04 Å². The molecule has 2 amide bonds. The van der Waals surface area contributed by atoms with Crippen LogP contribution in [0.3, 0.4) is 0 Å². The molecular weight excluding hydrogens is 383 g/mol. The molecule has 0 saturated heterocycles. The predicted molar refractivity (Wildman–Crippen MR) is 113 cm³/mol. The topological polar surface area (TPSA) is 67.4 Å². The molecule has 30 heavy (non-hydrogen) atoms. The van der Waals surface area contributed by atoms with E-state index in [1.165, 1.54) is 24.3 Å². The van der Waals surface area contributed by atoms with Crippen LogP contribution in [-0.2, 0) is 4.79 Å². The summed E-state index contributed by atoms with van der Waals surface area (Å²) in [6.07, 6.45) is 0.0964. The van der Waals surface area contributed by atoms with Crippen molar-refractivity contribution in [2.24, 2.45) is 0 Å². The number of carbonyl (C=O) groups excluding carboxylic acids is 2. The molecule has 0 fully saturated rings. The summed E-state index contributed by atoms with van der Waals surface area (Å²) < 4.78 is 18.4. The number of halogens is 1. The molecule has 0 aliphatic rings. The van der Waals surface area contributed by atoms with Gasteiger partial charge in [-0.1, -0.05) is 48.5 Å². The molecule has 0 bridgehead atoms. The minimum atomic E-state index is -0.461. The van der Waals surface area contributed by atoms with Gasteiger partial charge in [0.25, 0.3) is 5.91 Å². The Kier molecular flexibility index (Phi) is 7.55. The molecule has 2 N–H and O–H groups in total. The molecule has 154 valence electrons. The van der Waals surface area contributed by atoms with Crippen molar-refractivity contribution in [3.63, 3.8) is 0 Å². The third-order valence-corrected chi connectivity index (χ3v) is 4.44. The van der Waals surface area contributed by atoms with E-state index in [2.05, 4.69) is 10.6 Å². The summed E-state index contributed by atoms with van der Waals surface area (Å²) in [6, 6.07) is 23.5. The first kappa shape index (κ1) is 21.0. The molecule has 0 spiro atoms. The largest absolute Gasteiger partial charge is 0.492 e. The zero-order valence-electron chi connectivity index (χ0n) is 16.4. The van der Waals surface area contributed by atoms with E-state index in [0.29, 0.717) is 17.9 Å². The summed E-state index contributed by atoms with van der Waals surface area (Å²) in [6.45, 7) is 0.550. The first-order valence-electron chi connectivity index (χ1n) is 9.68. The van der Waals surface area contributed by atoms with Crippen molar-refractivity contribution < 1.29 is 18.7 Å². The number of ether oxygens (including phenoxy) is 1. The lowest BCUT2D eigenvalue weighted by Crippen LogP contribution is -2.35. The Morgan fingerprint density at radius 3 is 2.17 bits per heavy atom. The summed E-state index contributed by atoms with van der Waals surface area (Å²) in [7, 11) is 0. The Balaban J connectivity index is 1.54. The van der Waals surface area contributed by atoms with Crippen LogP contribution < -0.4 is 15.4 Å². The number of rotatable bonds is 9. The highest BCUT2D eigenvalue weighted by molar-refractivity contribution is 5.94. The van der Waals surface area contributed by atoms with Gasteiger partial charge in [0.05, 0.1) is 19.0 Å². The number of carbonyl (C=O) groups is 2. The van der Waals surface area contributed by atoms with E-state index in [1.54, 1.807) is 24.3 Å². The number of hydrogen-bond acceptors (Lipinski definition) is 3. The quantitative estimate of drug-likeness (QED) is 0.530. The first-order chi connectivity index (χ1) is 14.6. The summed E-state index contributed by atoms with van der Waals surface area (Å²) in [5.41, 5.74) is 1.38. The molecule has 1 unspecified atom stereocenters. The van der Waals surface area contributed by atoms with Gasteiger partial charge in [-0.25, -0.2) is 4.39 Å². The van der Waals surface area contributed by atoms with Crippen LogP contribution in [0.25, 0.3) is 0 Å². The average molecular weight is 406 g/mol. The van der Waals surface area contributed by atoms with Crippen molar-refractivity contribution in [3.05, 3.63) is 102 Å². The van der Waals surface area contributed by atoms with Crippen LogP contribution in [0.4, 0.5) is 4.39 Å². The van der Waals surface area contributed by atoms with Crippen LogP contribution in [0.5, 0.6) is 5.75 Å². The second kappa shape index (κ2) is 10.8. The molecule has 0 aliphatic carbocycles. The van der Waals surface area contributed by atoms with Crippen LogP contribution in [0.2, 0.25) is 0 Å². The normalized spacial score (nSPS) is 11.4. The minimum Gasteiger partial charge on any atom is -0.492 e. The van der Waals surface area contributed by atoms with Crippen molar-refractivity contribution in [2.45, 2.75) is 12.5 Å². The van der Waals surface area contributed by atoms with Gasteiger partial charge in [0, 0.05) is 5.56 Å². The maximum absolute atomic E-state index is 12.9. The van der Waals surface area contributed by atoms with Crippen LogP contribution in [0.1, 0.15) is 28.4 Å². The fourth-order valence-corrected chi connectivity index (χ4v) is 2.92. The van der Waals surface area contributed by atoms with Gasteiger partial charge < -0.3 is 15.4 Å². The smallest absolute Gasteiger partial charge is 0.251 e. The summed E-state index contributed by atoms with van der Waals surface area (Å²) in [5.74, 6) is -0.250. The number of hydrogen-bond donors (Lipinski definition) is 2. The van der Waals surface area contributed by atoms with E-state index in [4.69, 9.17) is 4.74 Å². The van der Waals surface area contributed by atoms with E-state index in [9.17, 15) is 14.0 Å². The number of amides is 2. The van der Waals surface area contributed by atoms with Crippen LogP contribution in [0, 0.1) is 5.82 Å². The van der Waals surface area contributed by atoms with E-state index in [0.717, 1.165) is 5.56 Å². The molecule has 0 heterocycles. The van der Waals surface area contributed by atoms with Crippen molar-refractivity contribution in [3.8, 4) is 5.75 Å². The minimum absolute atomic E-state index is 0.0964. The Morgan fingerprint density at radius 2 is 1.50 bits per heavy atom. The lowest BCUT2D eigenvalue weighted by atomic mass is 10.0. The molecule has 0 aliphatic heterocycles. The van der Waals surface area contributed by atoms with Crippen molar-refractivity contribution in [1.82, 2.24) is 10.6 Å². The highest BCUT2D eigenvalue weighted by Crippen LogP contribution is 2.17. The van der Waals surface area contributed by atoms with Crippen molar-refractivity contribution in [1.29, 1.82) is 0 Å². The molecule has 5 nitrogen and oxygen atoms in total. The molecule has 3 rings (SSSR count). The molecule has 0 aromatic heterocycles. The van der Waals surface area contributed by atoms with Gasteiger partial charge in [0.2, 0.25) is 5.91 Å². The Labute approximate surface area is 174 Å². The highest BCUT2D eigenvalue weighted by Gasteiger charge is 2.19. The molecule has 0 radical (unpaired) electrons. The van der Waals surface area contributed by atoms with Gasteiger partial charge in [0.1, 0.15) is 18.2 Å². The molecule has 0 saturated carbocycles. The van der Waals surface area contributed by atoms with Gasteiger partial charge in [-0.3, -0.25) is 9.59 Å². The lowest BCUT2D eigenvalue weighted by Gasteiger charge is -2.19. The van der Waals surface area contributed by atoms with E-state index in [-0.39, 0.29) is 30.7 Å². The number of benzene rings is 3. The van der Waals surface area contributed by atoms with E-state index in [1.807, 2.05) is 36.4 Å². The Bertz CT molecular complexity index is 947. The van der Waals surface area contributed by atoms with Crippen LogP contribution in [-0.4, -0.2) is 25.0 Å². The van der Waals surface area contributed by atoms with Gasteiger partial charge >= 0.3 is 0 Å². The zero-order valence-corrected chi connectivity index (χ0v) is 16.4. The second-order valence-corrected chi connectivity index (χ2v) is 6.66. The summed E-state index contributed by atoms with van der Waals surface area (Å²) >= 11 is 0. The van der Waals surface area contributed by atoms with Crippen molar-refractivity contribution in [2.75, 3.05) is 13.2 Å². The van der Waals surface area contributed by atoms with Gasteiger partial charge in [-0.05, 0) is 42.0 Å². The summed E-state index contributed by atoms with van der Waals surface area (Å²) in [5, 5.41) is 5.72. The monoisotopic (exact) mass is 406 g/mol. The Hall–Kier alpha value is -3.67. The Morgan fingerprint density at radius 1 is 0.867 bits per heavy atom. The molecular formula is C24H23FN2O3. The van der Waals surface area contributed by atoms with E-state index >= 15 is 0 Å². The molecule has 3 aromatic rings. The maximum Gasteiger partial charge on any atom is 0.251 e. The SMILES string of the molecule is O=C(CC(NC(=O)c1ccccc1)c1ccccc1)NCCOc1ccc(F)cc1. The summed E-state index contributed by atoms with van der Waals surface area (Å²) in [4.78, 5) is 25.0. The molecule has 1 atom stereocenters. The third kappa shape index (κ3) is 6.44. The second-order valence-electron chi connectivity index (χ2n) is 6.66. The molecule has 3 aromatic carbocycles. The fraction of sp³-hybridized carbons (Fsp3) is 0.167. The highest BCUT2D eigenvalue weighted by atomic mass is 19.1. The van der Waals surface area contributed by atoms with Crippen LogP contribution >= 0.6 is 0 Å². The first-order valence-corrected chi connectivity index (χ1v) is 9.68. The fourth-order valence-electron chi connectivity index (χ4n) is 2.92. The third-order valence-electron chi connectivity index (χ3n) is 4.44. The van der Waals surface area contributed by atoms with Crippen LogP contribution in [0.15, 0.2) is 84.9 Å². The van der Waals surface area contributed by atoms with Gasteiger partial charge in [-0.2, -0.15) is 0 Å². The zero-order chi connectivity index (χ0) is 21.2. The average Bonchev–Trinajstić information content (AvgIpc) is 2.78.